The molecule has 5 heteroatoms. The van der Waals surface area contributed by atoms with E-state index in [4.69, 9.17) is 14.3 Å². The molecule has 0 aliphatic rings. The average Bonchev–Trinajstić information content (AvgIpc) is 2.90. The number of thiophene rings is 1. The van der Waals surface area contributed by atoms with Crippen molar-refractivity contribution in [2.24, 2.45) is 0 Å². The van der Waals surface area contributed by atoms with Gasteiger partial charge >= 0.3 is 12.1 Å². The minimum Gasteiger partial charge on any atom is -0.466 e. The molecule has 1 aromatic heterocycles. The summed E-state index contributed by atoms with van der Waals surface area (Å²) in [6.45, 7) is 4.30. The molecule has 106 valence electrons. The molecular weight excluding hydrogens is 276 g/mol. The zero-order chi connectivity index (χ0) is 15.0. The lowest BCUT2D eigenvalue weighted by Gasteiger charge is -2.14. The van der Waals surface area contributed by atoms with Gasteiger partial charge in [-0.3, -0.25) is 4.79 Å². The molecular formula is C15H16O4S. The van der Waals surface area contributed by atoms with Crippen molar-refractivity contribution in [3.63, 3.8) is 0 Å². The molecule has 0 bridgehead atoms. The fraction of sp³-hybridized carbons (Fsp3) is 0.333. The van der Waals surface area contributed by atoms with Gasteiger partial charge in [0.15, 0.2) is 0 Å². The van der Waals surface area contributed by atoms with E-state index in [9.17, 15) is 4.79 Å². The zero-order valence-corrected chi connectivity index (χ0v) is 12.2. The SMILES string of the molecule is CCOC(=O)C(CC)c1cccc2sccc12.O=C=O. The molecule has 1 heterocycles. The Balaban J connectivity index is 0.000000612. The number of esters is 1. The molecule has 0 N–H and O–H groups in total. The summed E-state index contributed by atoms with van der Waals surface area (Å²) in [6, 6.07) is 8.20. The Morgan fingerprint density at radius 1 is 1.30 bits per heavy atom. The Morgan fingerprint density at radius 3 is 2.60 bits per heavy atom. The van der Waals surface area contributed by atoms with E-state index in [1.54, 1.807) is 11.3 Å². The molecule has 0 spiro atoms. The average molecular weight is 292 g/mol. The number of rotatable bonds is 4. The van der Waals surface area contributed by atoms with E-state index in [0.717, 1.165) is 12.0 Å². The molecule has 0 aliphatic heterocycles. The van der Waals surface area contributed by atoms with Crippen molar-refractivity contribution in [2.45, 2.75) is 26.2 Å². The molecule has 20 heavy (non-hydrogen) atoms. The van der Waals surface area contributed by atoms with Gasteiger partial charge in [0.2, 0.25) is 0 Å². The van der Waals surface area contributed by atoms with Gasteiger partial charge in [0, 0.05) is 4.70 Å². The molecule has 2 aromatic rings. The van der Waals surface area contributed by atoms with E-state index in [0.29, 0.717) is 6.61 Å². The number of hydrogen-bond donors (Lipinski definition) is 0. The highest BCUT2D eigenvalue weighted by Gasteiger charge is 2.21. The molecule has 1 atom stereocenters. The summed E-state index contributed by atoms with van der Waals surface area (Å²) in [5, 5.41) is 3.24. The van der Waals surface area contributed by atoms with E-state index in [-0.39, 0.29) is 18.0 Å². The highest BCUT2D eigenvalue weighted by Crippen LogP contribution is 2.31. The number of hydrogen-bond acceptors (Lipinski definition) is 5. The highest BCUT2D eigenvalue weighted by molar-refractivity contribution is 7.17. The number of ether oxygens (including phenoxy) is 1. The lowest BCUT2D eigenvalue weighted by molar-refractivity contribution is -0.191. The summed E-state index contributed by atoms with van der Waals surface area (Å²) in [5.74, 6) is -0.262. The first kappa shape index (κ1) is 16.1. The second-order valence-corrected chi connectivity index (χ2v) is 4.92. The first-order valence-electron chi connectivity index (χ1n) is 6.31. The summed E-state index contributed by atoms with van der Waals surface area (Å²) in [6.07, 6.45) is 1.02. The maximum atomic E-state index is 11.9. The molecule has 0 saturated carbocycles. The summed E-state index contributed by atoms with van der Waals surface area (Å²) in [7, 11) is 0. The molecule has 1 aromatic carbocycles. The molecule has 0 fully saturated rings. The lowest BCUT2D eigenvalue weighted by atomic mass is 9.94. The predicted octanol–water partition coefficient (Wildman–Crippen LogP) is 3.37. The highest BCUT2D eigenvalue weighted by atomic mass is 32.1. The normalized spacial score (nSPS) is 11.1. The van der Waals surface area contributed by atoms with E-state index in [2.05, 4.69) is 17.5 Å². The van der Waals surface area contributed by atoms with Crippen molar-refractivity contribution in [3.05, 3.63) is 35.2 Å². The molecule has 0 saturated heterocycles. The van der Waals surface area contributed by atoms with Crippen molar-refractivity contribution in [3.8, 4) is 0 Å². The van der Waals surface area contributed by atoms with Crippen molar-refractivity contribution < 1.29 is 19.1 Å². The van der Waals surface area contributed by atoms with Gasteiger partial charge in [0.1, 0.15) is 0 Å². The molecule has 0 aliphatic carbocycles. The Labute approximate surface area is 121 Å². The largest absolute Gasteiger partial charge is 0.466 e. The molecule has 0 amide bonds. The van der Waals surface area contributed by atoms with Crippen LogP contribution < -0.4 is 0 Å². The van der Waals surface area contributed by atoms with E-state index in [1.807, 2.05) is 26.0 Å². The van der Waals surface area contributed by atoms with Gasteiger partial charge in [-0.2, -0.15) is 9.59 Å². The second-order valence-electron chi connectivity index (χ2n) is 3.98. The number of benzene rings is 1. The van der Waals surface area contributed by atoms with Crippen LogP contribution in [0.4, 0.5) is 0 Å². The van der Waals surface area contributed by atoms with Crippen molar-refractivity contribution in [1.82, 2.24) is 0 Å². The van der Waals surface area contributed by atoms with E-state index >= 15 is 0 Å². The quantitative estimate of drug-likeness (QED) is 0.811. The smallest absolute Gasteiger partial charge is 0.373 e. The van der Waals surface area contributed by atoms with Crippen LogP contribution in [-0.4, -0.2) is 18.7 Å². The lowest BCUT2D eigenvalue weighted by Crippen LogP contribution is -2.15. The van der Waals surface area contributed by atoms with Gasteiger partial charge in [-0.15, -0.1) is 11.3 Å². The van der Waals surface area contributed by atoms with Crippen LogP contribution in [0.3, 0.4) is 0 Å². The third kappa shape index (κ3) is 3.76. The summed E-state index contributed by atoms with van der Waals surface area (Å²) >= 11 is 1.70. The first-order chi connectivity index (χ1) is 9.69. The van der Waals surface area contributed by atoms with Crippen LogP contribution in [0.2, 0.25) is 0 Å². The minimum absolute atomic E-state index is 0.117. The summed E-state index contributed by atoms with van der Waals surface area (Å²) < 4.78 is 6.37. The Morgan fingerprint density at radius 2 is 2.00 bits per heavy atom. The fourth-order valence-corrected chi connectivity index (χ4v) is 2.90. The van der Waals surface area contributed by atoms with Gasteiger partial charge in [0.25, 0.3) is 0 Å². The zero-order valence-electron chi connectivity index (χ0n) is 11.4. The predicted molar refractivity (Wildman–Crippen MR) is 76.5 cm³/mol. The number of carbonyl (C=O) groups is 1. The topological polar surface area (TPSA) is 60.4 Å². The van der Waals surface area contributed by atoms with Gasteiger partial charge in [-0.05, 0) is 41.8 Å². The second kappa shape index (κ2) is 8.25. The molecule has 1 unspecified atom stereocenters. The third-order valence-corrected chi connectivity index (χ3v) is 3.77. The molecule has 4 nitrogen and oxygen atoms in total. The standard InChI is InChI=1S/C14H16O2S.CO2/c1-3-10(14(15)16-4-2)11-6-5-7-13-12(11)8-9-17-13;2-1-3/h5-10H,3-4H2,1-2H3;. The van der Waals surface area contributed by atoms with Crippen LogP contribution in [0.5, 0.6) is 0 Å². The fourth-order valence-electron chi connectivity index (χ4n) is 2.08. The van der Waals surface area contributed by atoms with Gasteiger partial charge in [0.05, 0.1) is 12.5 Å². The Hall–Kier alpha value is -1.97. The Kier molecular flexibility index (Phi) is 6.64. The monoisotopic (exact) mass is 292 g/mol. The summed E-state index contributed by atoms with van der Waals surface area (Å²) in [4.78, 5) is 28.2. The van der Waals surface area contributed by atoms with E-state index < -0.39 is 0 Å². The summed E-state index contributed by atoms with van der Waals surface area (Å²) in [5.41, 5.74) is 1.09. The van der Waals surface area contributed by atoms with Crippen LogP contribution >= 0.6 is 11.3 Å². The van der Waals surface area contributed by atoms with E-state index in [1.165, 1.54) is 10.1 Å². The maximum Gasteiger partial charge on any atom is 0.373 e. The van der Waals surface area contributed by atoms with Crippen LogP contribution in [0, 0.1) is 0 Å². The van der Waals surface area contributed by atoms with Crippen LogP contribution in [0.1, 0.15) is 31.7 Å². The van der Waals surface area contributed by atoms with Crippen LogP contribution in [0.25, 0.3) is 10.1 Å². The molecule has 0 radical (unpaired) electrons. The van der Waals surface area contributed by atoms with Gasteiger partial charge < -0.3 is 4.74 Å². The van der Waals surface area contributed by atoms with Crippen molar-refractivity contribution in [2.75, 3.05) is 6.61 Å². The maximum absolute atomic E-state index is 11.9. The molecule has 2 rings (SSSR count). The van der Waals surface area contributed by atoms with Crippen LogP contribution in [0.15, 0.2) is 29.6 Å². The first-order valence-corrected chi connectivity index (χ1v) is 7.19. The third-order valence-electron chi connectivity index (χ3n) is 2.88. The van der Waals surface area contributed by atoms with Crippen molar-refractivity contribution >= 4 is 33.5 Å². The van der Waals surface area contributed by atoms with Gasteiger partial charge in [-0.25, -0.2) is 0 Å². The van der Waals surface area contributed by atoms with Gasteiger partial charge in [-0.1, -0.05) is 19.1 Å². The Bertz CT molecular complexity index is 597. The minimum atomic E-state index is -0.145. The number of carbonyl (C=O) groups excluding carboxylic acids is 3. The van der Waals surface area contributed by atoms with Crippen molar-refractivity contribution in [1.29, 1.82) is 0 Å². The van der Waals surface area contributed by atoms with Crippen LogP contribution in [-0.2, 0) is 19.1 Å². The number of fused-ring (bicyclic) bond motifs is 1.